The molecule has 29 heavy (non-hydrogen) atoms. The molecule has 2 aromatic carbocycles. The lowest BCUT2D eigenvalue weighted by atomic mass is 10.0. The van der Waals surface area contributed by atoms with Gasteiger partial charge in [0, 0.05) is 29.8 Å². The molecule has 4 rings (SSSR count). The highest BCUT2D eigenvalue weighted by Crippen LogP contribution is 2.28. The number of nitrogens with zero attached hydrogens (tertiary/aromatic N) is 4. The maximum Gasteiger partial charge on any atom is 0.292 e. The summed E-state index contributed by atoms with van der Waals surface area (Å²) in [6.07, 6.45) is 3.56. The number of hydrogen-bond acceptors (Lipinski definition) is 5. The summed E-state index contributed by atoms with van der Waals surface area (Å²) in [6, 6.07) is 15.0. The number of anilines is 1. The van der Waals surface area contributed by atoms with E-state index in [1.54, 1.807) is 35.1 Å². The van der Waals surface area contributed by atoms with Crippen molar-refractivity contribution >= 4 is 28.2 Å². The maximum absolute atomic E-state index is 13.1. The lowest BCUT2D eigenvalue weighted by molar-refractivity contribution is -0.383. The SMILES string of the molecule is CCn1cc(-c2cc(C(=O)Nc3ccccc3[N+](=O)[O-])c3ccccc3n2)cn1. The van der Waals surface area contributed by atoms with Crippen LogP contribution in [0, 0.1) is 10.1 Å². The van der Waals surface area contributed by atoms with E-state index in [2.05, 4.69) is 15.4 Å². The third-order valence-corrected chi connectivity index (χ3v) is 4.56. The molecule has 2 heterocycles. The number of nitro groups is 1. The zero-order valence-corrected chi connectivity index (χ0v) is 15.6. The van der Waals surface area contributed by atoms with Crippen LogP contribution in [0.5, 0.6) is 0 Å². The molecule has 0 fully saturated rings. The van der Waals surface area contributed by atoms with Crippen molar-refractivity contribution in [2.45, 2.75) is 13.5 Å². The van der Waals surface area contributed by atoms with Crippen molar-refractivity contribution in [3.8, 4) is 11.3 Å². The van der Waals surface area contributed by atoms with Crippen molar-refractivity contribution in [3.05, 3.63) is 82.7 Å². The Bertz CT molecular complexity index is 1230. The van der Waals surface area contributed by atoms with E-state index in [-0.39, 0.29) is 11.4 Å². The number of aryl methyl sites for hydroxylation is 1. The highest BCUT2D eigenvalue weighted by atomic mass is 16.6. The molecule has 0 bridgehead atoms. The Balaban J connectivity index is 1.80. The molecule has 8 heteroatoms. The monoisotopic (exact) mass is 387 g/mol. The van der Waals surface area contributed by atoms with Crippen molar-refractivity contribution in [2.75, 3.05) is 5.32 Å². The summed E-state index contributed by atoms with van der Waals surface area (Å²) in [5.41, 5.74) is 2.41. The number of rotatable bonds is 5. The smallest absolute Gasteiger partial charge is 0.292 e. The van der Waals surface area contributed by atoms with Crippen LogP contribution in [0.2, 0.25) is 0 Å². The molecular weight excluding hydrogens is 370 g/mol. The zero-order chi connectivity index (χ0) is 20.4. The molecule has 0 radical (unpaired) electrons. The summed E-state index contributed by atoms with van der Waals surface area (Å²) in [5.74, 6) is -0.443. The van der Waals surface area contributed by atoms with Gasteiger partial charge in [-0.15, -0.1) is 0 Å². The second-order valence-electron chi connectivity index (χ2n) is 6.39. The first-order chi connectivity index (χ1) is 14.1. The largest absolute Gasteiger partial charge is 0.316 e. The molecule has 4 aromatic rings. The van der Waals surface area contributed by atoms with Gasteiger partial charge in [-0.25, -0.2) is 4.98 Å². The Hall–Kier alpha value is -4.07. The Kier molecular flexibility index (Phi) is 4.74. The average molecular weight is 387 g/mol. The Labute approximate surface area is 166 Å². The fraction of sp³-hybridized carbons (Fsp3) is 0.0952. The molecule has 0 spiro atoms. The minimum atomic E-state index is -0.523. The fourth-order valence-corrected chi connectivity index (χ4v) is 3.11. The molecule has 0 saturated carbocycles. The molecule has 0 aliphatic rings. The quantitative estimate of drug-likeness (QED) is 0.407. The Morgan fingerprint density at radius 2 is 1.93 bits per heavy atom. The molecule has 0 unspecified atom stereocenters. The lowest BCUT2D eigenvalue weighted by Gasteiger charge is -2.10. The van der Waals surface area contributed by atoms with Crippen LogP contribution in [0.1, 0.15) is 17.3 Å². The number of hydrogen-bond donors (Lipinski definition) is 1. The zero-order valence-electron chi connectivity index (χ0n) is 15.6. The van der Waals surface area contributed by atoms with Gasteiger partial charge in [-0.05, 0) is 25.1 Å². The average Bonchev–Trinajstić information content (AvgIpc) is 3.22. The van der Waals surface area contributed by atoms with Crippen LogP contribution in [0.4, 0.5) is 11.4 Å². The van der Waals surface area contributed by atoms with Gasteiger partial charge in [0.15, 0.2) is 0 Å². The summed E-state index contributed by atoms with van der Waals surface area (Å²) < 4.78 is 1.78. The van der Waals surface area contributed by atoms with Gasteiger partial charge >= 0.3 is 0 Å². The lowest BCUT2D eigenvalue weighted by Crippen LogP contribution is -2.14. The molecule has 8 nitrogen and oxygen atoms in total. The second-order valence-corrected chi connectivity index (χ2v) is 6.39. The first-order valence-electron chi connectivity index (χ1n) is 9.04. The third kappa shape index (κ3) is 3.55. The van der Waals surface area contributed by atoms with Crippen molar-refractivity contribution in [2.24, 2.45) is 0 Å². The number of nitro benzene ring substituents is 1. The van der Waals surface area contributed by atoms with Gasteiger partial charge in [0.25, 0.3) is 11.6 Å². The number of carbonyl (C=O) groups excluding carboxylic acids is 1. The van der Waals surface area contributed by atoms with E-state index in [4.69, 9.17) is 0 Å². The van der Waals surface area contributed by atoms with E-state index in [9.17, 15) is 14.9 Å². The van der Waals surface area contributed by atoms with E-state index in [1.807, 2.05) is 31.3 Å². The first-order valence-corrected chi connectivity index (χ1v) is 9.04. The van der Waals surface area contributed by atoms with Crippen molar-refractivity contribution < 1.29 is 9.72 Å². The topological polar surface area (TPSA) is 103 Å². The number of aromatic nitrogens is 3. The predicted octanol–water partition coefficient (Wildman–Crippen LogP) is 4.28. The summed E-state index contributed by atoms with van der Waals surface area (Å²) in [5, 5.41) is 18.9. The number of pyridine rings is 1. The molecule has 0 atom stereocenters. The van der Waals surface area contributed by atoms with Crippen LogP contribution in [-0.2, 0) is 6.54 Å². The number of benzene rings is 2. The second kappa shape index (κ2) is 7.51. The molecule has 0 saturated heterocycles. The molecule has 0 aliphatic heterocycles. The highest BCUT2D eigenvalue weighted by molar-refractivity contribution is 6.13. The summed E-state index contributed by atoms with van der Waals surface area (Å²) in [4.78, 5) is 28.4. The summed E-state index contributed by atoms with van der Waals surface area (Å²) in [7, 11) is 0. The molecular formula is C21H17N5O3. The highest BCUT2D eigenvalue weighted by Gasteiger charge is 2.19. The van der Waals surface area contributed by atoms with E-state index < -0.39 is 10.8 Å². The predicted molar refractivity (Wildman–Crippen MR) is 110 cm³/mol. The van der Waals surface area contributed by atoms with Gasteiger partial charge in [0.2, 0.25) is 0 Å². The molecule has 2 aromatic heterocycles. The third-order valence-electron chi connectivity index (χ3n) is 4.56. The van der Waals surface area contributed by atoms with Gasteiger partial charge in [0.1, 0.15) is 5.69 Å². The van der Waals surface area contributed by atoms with E-state index in [0.717, 1.165) is 12.1 Å². The van der Waals surface area contributed by atoms with Gasteiger partial charge in [0.05, 0.1) is 27.9 Å². The van der Waals surface area contributed by atoms with Crippen molar-refractivity contribution in [1.82, 2.24) is 14.8 Å². The Morgan fingerprint density at radius 3 is 2.69 bits per heavy atom. The van der Waals surface area contributed by atoms with Crippen LogP contribution in [0.15, 0.2) is 67.0 Å². The van der Waals surface area contributed by atoms with Crippen LogP contribution < -0.4 is 5.32 Å². The van der Waals surface area contributed by atoms with Crippen LogP contribution >= 0.6 is 0 Å². The maximum atomic E-state index is 13.1. The van der Waals surface area contributed by atoms with Crippen LogP contribution in [0.25, 0.3) is 22.2 Å². The van der Waals surface area contributed by atoms with E-state index in [0.29, 0.717) is 22.2 Å². The number of nitrogens with one attached hydrogen (secondary N) is 1. The van der Waals surface area contributed by atoms with Crippen LogP contribution in [-0.4, -0.2) is 25.6 Å². The van der Waals surface area contributed by atoms with E-state index >= 15 is 0 Å². The van der Waals surface area contributed by atoms with Crippen LogP contribution in [0.3, 0.4) is 0 Å². The number of para-hydroxylation sites is 3. The van der Waals surface area contributed by atoms with Gasteiger partial charge in [-0.3, -0.25) is 19.6 Å². The molecule has 144 valence electrons. The minimum Gasteiger partial charge on any atom is -0.316 e. The molecule has 0 aliphatic carbocycles. The van der Waals surface area contributed by atoms with Gasteiger partial charge in [-0.1, -0.05) is 30.3 Å². The number of amides is 1. The van der Waals surface area contributed by atoms with Crippen molar-refractivity contribution in [3.63, 3.8) is 0 Å². The fourth-order valence-electron chi connectivity index (χ4n) is 3.11. The summed E-state index contributed by atoms with van der Waals surface area (Å²) >= 11 is 0. The first kappa shape index (κ1) is 18.3. The number of carbonyl (C=O) groups is 1. The molecule has 1 amide bonds. The number of fused-ring (bicyclic) bond motifs is 1. The minimum absolute atomic E-state index is 0.142. The van der Waals surface area contributed by atoms with Gasteiger partial charge < -0.3 is 5.32 Å². The van der Waals surface area contributed by atoms with Crippen molar-refractivity contribution in [1.29, 1.82) is 0 Å². The normalized spacial score (nSPS) is 10.8. The molecule has 1 N–H and O–H groups in total. The van der Waals surface area contributed by atoms with E-state index in [1.165, 1.54) is 12.1 Å². The standard InChI is InChI=1S/C21H17N5O3/c1-2-25-13-14(12-22-25)19-11-16(15-7-3-4-8-17(15)23-19)21(27)24-18-9-5-6-10-20(18)26(28)29/h3-13H,2H2,1H3,(H,24,27). The van der Waals surface area contributed by atoms with Gasteiger partial charge in [-0.2, -0.15) is 5.10 Å². The Morgan fingerprint density at radius 1 is 1.17 bits per heavy atom. The summed E-state index contributed by atoms with van der Waals surface area (Å²) in [6.45, 7) is 2.70.